The third-order valence-electron chi connectivity index (χ3n) is 3.21. The molecule has 6 heteroatoms. The molecule has 2 heterocycles. The van der Waals surface area contributed by atoms with Crippen LogP contribution in [0, 0.1) is 0 Å². The van der Waals surface area contributed by atoms with E-state index >= 15 is 0 Å². The summed E-state index contributed by atoms with van der Waals surface area (Å²) in [5.74, 6) is 0.253. The Labute approximate surface area is 102 Å². The smallest absolute Gasteiger partial charge is 0.148 e. The van der Waals surface area contributed by atoms with E-state index in [1.165, 1.54) is 6.26 Å². The highest BCUT2D eigenvalue weighted by Gasteiger charge is 2.25. The van der Waals surface area contributed by atoms with Gasteiger partial charge in [-0.05, 0) is 25.5 Å². The zero-order valence-corrected chi connectivity index (χ0v) is 10.9. The molecule has 1 aromatic heterocycles. The molecule has 0 spiro atoms. The van der Waals surface area contributed by atoms with E-state index < -0.39 is 9.84 Å². The molecule has 17 heavy (non-hydrogen) atoms. The second-order valence-corrected chi connectivity index (χ2v) is 6.95. The van der Waals surface area contributed by atoms with E-state index in [4.69, 9.17) is 0 Å². The van der Waals surface area contributed by atoms with Gasteiger partial charge in [0.25, 0.3) is 0 Å². The largest absolute Gasteiger partial charge is 0.298 e. The van der Waals surface area contributed by atoms with Gasteiger partial charge < -0.3 is 0 Å². The van der Waals surface area contributed by atoms with Gasteiger partial charge in [0.15, 0.2) is 0 Å². The first-order valence-electron chi connectivity index (χ1n) is 5.94. The molecule has 0 bridgehead atoms. The molecule has 0 aliphatic carbocycles. The van der Waals surface area contributed by atoms with Gasteiger partial charge in [-0.15, -0.1) is 0 Å². The van der Waals surface area contributed by atoms with Crippen LogP contribution in [0.15, 0.2) is 18.5 Å². The van der Waals surface area contributed by atoms with E-state index in [2.05, 4.69) is 10.00 Å². The summed E-state index contributed by atoms with van der Waals surface area (Å²) in [5.41, 5.74) is 0. The number of rotatable bonds is 5. The van der Waals surface area contributed by atoms with Crippen molar-refractivity contribution in [1.29, 1.82) is 0 Å². The van der Waals surface area contributed by atoms with Gasteiger partial charge in [-0.2, -0.15) is 5.10 Å². The number of hydrogen-bond acceptors (Lipinski definition) is 4. The van der Waals surface area contributed by atoms with Crippen LogP contribution in [0.2, 0.25) is 0 Å². The predicted molar refractivity (Wildman–Crippen MR) is 66.5 cm³/mol. The van der Waals surface area contributed by atoms with Crippen LogP contribution in [-0.4, -0.2) is 54.2 Å². The lowest BCUT2D eigenvalue weighted by molar-refractivity contribution is 0.239. The molecule has 0 N–H and O–H groups in total. The van der Waals surface area contributed by atoms with E-state index in [-0.39, 0.29) is 5.75 Å². The maximum atomic E-state index is 11.2. The summed E-state index contributed by atoms with van der Waals surface area (Å²) < 4.78 is 24.3. The minimum Gasteiger partial charge on any atom is -0.298 e. The van der Waals surface area contributed by atoms with Crippen molar-refractivity contribution in [3.8, 4) is 0 Å². The molecule has 1 aromatic rings. The van der Waals surface area contributed by atoms with E-state index in [0.717, 1.165) is 25.9 Å². The van der Waals surface area contributed by atoms with Crippen LogP contribution < -0.4 is 0 Å². The average Bonchev–Trinajstić information content (AvgIpc) is 2.86. The SMILES string of the molecule is CS(=O)(=O)CCN1CCCC1Cn1cccn1. The second kappa shape index (κ2) is 5.18. The third kappa shape index (κ3) is 3.81. The zero-order valence-electron chi connectivity index (χ0n) is 10.1. The topological polar surface area (TPSA) is 55.2 Å². The van der Waals surface area contributed by atoms with Crippen molar-refractivity contribution in [3.63, 3.8) is 0 Å². The van der Waals surface area contributed by atoms with Gasteiger partial charge in [-0.1, -0.05) is 0 Å². The van der Waals surface area contributed by atoms with Crippen LogP contribution in [0.25, 0.3) is 0 Å². The van der Waals surface area contributed by atoms with Crippen LogP contribution in [0.3, 0.4) is 0 Å². The van der Waals surface area contributed by atoms with Gasteiger partial charge in [0.05, 0.1) is 12.3 Å². The van der Waals surface area contributed by atoms with E-state index in [1.807, 2.05) is 16.9 Å². The van der Waals surface area contributed by atoms with Gasteiger partial charge >= 0.3 is 0 Å². The molecular formula is C11H19N3O2S. The Morgan fingerprint density at radius 2 is 2.29 bits per heavy atom. The molecule has 5 nitrogen and oxygen atoms in total. The van der Waals surface area contributed by atoms with Crippen molar-refractivity contribution in [2.45, 2.75) is 25.4 Å². The molecule has 0 radical (unpaired) electrons. The Balaban J connectivity index is 1.89. The van der Waals surface area contributed by atoms with Crippen LogP contribution in [0.4, 0.5) is 0 Å². The Morgan fingerprint density at radius 3 is 2.94 bits per heavy atom. The summed E-state index contributed by atoms with van der Waals surface area (Å²) in [4.78, 5) is 2.27. The summed E-state index contributed by atoms with van der Waals surface area (Å²) in [6, 6.07) is 2.34. The normalized spacial score (nSPS) is 22.1. The predicted octanol–water partition coefficient (Wildman–Crippen LogP) is 0.392. The van der Waals surface area contributed by atoms with Crippen molar-refractivity contribution in [3.05, 3.63) is 18.5 Å². The maximum Gasteiger partial charge on any atom is 0.148 e. The van der Waals surface area contributed by atoms with Crippen molar-refractivity contribution in [2.75, 3.05) is 25.1 Å². The molecule has 1 fully saturated rings. The first-order valence-corrected chi connectivity index (χ1v) is 8.00. The third-order valence-corrected chi connectivity index (χ3v) is 4.13. The number of likely N-dealkylation sites (tertiary alicyclic amines) is 1. The van der Waals surface area contributed by atoms with Crippen molar-refractivity contribution in [2.24, 2.45) is 0 Å². The van der Waals surface area contributed by atoms with Gasteiger partial charge in [-0.3, -0.25) is 9.58 Å². The maximum absolute atomic E-state index is 11.2. The molecule has 1 unspecified atom stereocenters. The molecule has 1 saturated heterocycles. The number of sulfone groups is 1. The minimum atomic E-state index is -2.86. The van der Waals surface area contributed by atoms with Crippen molar-refractivity contribution < 1.29 is 8.42 Å². The highest BCUT2D eigenvalue weighted by atomic mass is 32.2. The van der Waals surface area contributed by atoms with Crippen LogP contribution >= 0.6 is 0 Å². The summed E-state index contributed by atoms with van der Waals surface area (Å²) >= 11 is 0. The second-order valence-electron chi connectivity index (χ2n) is 4.69. The van der Waals surface area contributed by atoms with Gasteiger partial charge in [0.2, 0.25) is 0 Å². The zero-order chi connectivity index (χ0) is 12.3. The summed E-state index contributed by atoms with van der Waals surface area (Å²) in [7, 11) is -2.86. The van der Waals surface area contributed by atoms with E-state index in [9.17, 15) is 8.42 Å². The Morgan fingerprint density at radius 1 is 1.47 bits per heavy atom. The first-order chi connectivity index (χ1) is 8.04. The Hall–Kier alpha value is -0.880. The first kappa shape index (κ1) is 12.6. The average molecular weight is 257 g/mol. The van der Waals surface area contributed by atoms with Gasteiger partial charge in [-0.25, -0.2) is 8.42 Å². The summed E-state index contributed by atoms with van der Waals surface area (Å²) in [6.45, 7) is 2.50. The van der Waals surface area contributed by atoms with E-state index in [1.54, 1.807) is 6.20 Å². The summed E-state index contributed by atoms with van der Waals surface area (Å²) in [5, 5.41) is 4.19. The number of nitrogens with zero attached hydrogens (tertiary/aromatic N) is 3. The van der Waals surface area contributed by atoms with Gasteiger partial charge in [0.1, 0.15) is 9.84 Å². The highest BCUT2D eigenvalue weighted by Crippen LogP contribution is 2.18. The molecular weight excluding hydrogens is 238 g/mol. The van der Waals surface area contributed by atoms with Crippen LogP contribution in [-0.2, 0) is 16.4 Å². The molecule has 0 aromatic carbocycles. The van der Waals surface area contributed by atoms with Crippen LogP contribution in [0.5, 0.6) is 0 Å². The monoisotopic (exact) mass is 257 g/mol. The number of aromatic nitrogens is 2. The summed E-state index contributed by atoms with van der Waals surface area (Å²) in [6.07, 6.45) is 7.30. The Kier molecular flexibility index (Phi) is 3.83. The van der Waals surface area contributed by atoms with E-state index in [0.29, 0.717) is 12.6 Å². The number of hydrogen-bond donors (Lipinski definition) is 0. The fourth-order valence-electron chi connectivity index (χ4n) is 2.30. The molecule has 1 atom stereocenters. The molecule has 1 aliphatic rings. The lowest BCUT2D eigenvalue weighted by Gasteiger charge is -2.23. The van der Waals surface area contributed by atoms with Crippen LogP contribution in [0.1, 0.15) is 12.8 Å². The molecule has 96 valence electrons. The molecule has 0 saturated carbocycles. The highest BCUT2D eigenvalue weighted by molar-refractivity contribution is 7.90. The van der Waals surface area contributed by atoms with Crippen molar-refractivity contribution >= 4 is 9.84 Å². The molecule has 1 aliphatic heterocycles. The fraction of sp³-hybridized carbons (Fsp3) is 0.727. The standard InChI is InChI=1S/C11H19N3O2S/c1-17(15,16)9-8-13-6-2-4-11(13)10-14-7-3-5-12-14/h3,5,7,11H,2,4,6,8-10H2,1H3. The lowest BCUT2D eigenvalue weighted by atomic mass is 10.2. The fourth-order valence-corrected chi connectivity index (χ4v) is 2.87. The Bertz CT molecular complexity index is 441. The van der Waals surface area contributed by atoms with Crippen molar-refractivity contribution in [1.82, 2.24) is 14.7 Å². The minimum absolute atomic E-state index is 0.253. The molecule has 0 amide bonds. The molecule has 2 rings (SSSR count). The quantitative estimate of drug-likeness (QED) is 0.766. The van der Waals surface area contributed by atoms with Gasteiger partial charge in [0, 0.05) is 31.2 Å². The lowest BCUT2D eigenvalue weighted by Crippen LogP contribution is -2.36.